The van der Waals surface area contributed by atoms with Gasteiger partial charge in [-0.15, -0.1) is 0 Å². The Kier molecular flexibility index (Phi) is 6.41. The van der Waals surface area contributed by atoms with Crippen molar-refractivity contribution in [3.05, 3.63) is 0 Å². The molecule has 0 aromatic carbocycles. The number of amides is 2. The van der Waals surface area contributed by atoms with Gasteiger partial charge in [-0.1, -0.05) is 0 Å². The molecule has 1 atom stereocenters. The number of ether oxygens (including phenoxy) is 1. The van der Waals surface area contributed by atoms with E-state index in [4.69, 9.17) is 4.74 Å². The van der Waals surface area contributed by atoms with Crippen LogP contribution in [0.4, 0.5) is 4.79 Å². The van der Waals surface area contributed by atoms with Gasteiger partial charge in [-0.05, 0) is 20.8 Å². The van der Waals surface area contributed by atoms with Crippen LogP contribution in [0.3, 0.4) is 0 Å². The van der Waals surface area contributed by atoms with E-state index in [9.17, 15) is 18.0 Å². The fraction of sp³-hybridized carbons (Fsp3) is 0.833. The van der Waals surface area contributed by atoms with E-state index in [-0.39, 0.29) is 17.8 Å². The summed E-state index contributed by atoms with van der Waals surface area (Å²) in [5.74, 6) is -0.350. The lowest BCUT2D eigenvalue weighted by atomic mass is 10.2. The van der Waals surface area contributed by atoms with Crippen LogP contribution in [-0.2, 0) is 19.6 Å². The van der Waals surface area contributed by atoms with E-state index < -0.39 is 16.1 Å². The summed E-state index contributed by atoms with van der Waals surface area (Å²) < 4.78 is 30.1. The van der Waals surface area contributed by atoms with Crippen molar-refractivity contribution in [1.29, 1.82) is 0 Å². The highest BCUT2D eigenvalue weighted by Gasteiger charge is 2.28. The molecule has 2 amide bonds. The van der Waals surface area contributed by atoms with Crippen molar-refractivity contribution < 1.29 is 22.7 Å². The van der Waals surface area contributed by atoms with Crippen LogP contribution >= 0.6 is 0 Å². The second-order valence-electron chi connectivity index (χ2n) is 4.75. The summed E-state index contributed by atoms with van der Waals surface area (Å²) in [4.78, 5) is 26.8. The van der Waals surface area contributed by atoms with Gasteiger partial charge < -0.3 is 14.5 Å². The molecule has 1 aliphatic heterocycles. The molecule has 0 aromatic rings. The van der Waals surface area contributed by atoms with Gasteiger partial charge in [-0.25, -0.2) is 17.9 Å². The van der Waals surface area contributed by atoms with Gasteiger partial charge in [0.15, 0.2) is 0 Å². The number of hydrogen-bond acceptors (Lipinski definition) is 5. The van der Waals surface area contributed by atoms with E-state index in [1.54, 1.807) is 11.8 Å². The third-order valence-electron chi connectivity index (χ3n) is 3.22. The van der Waals surface area contributed by atoms with Crippen LogP contribution in [0.5, 0.6) is 0 Å². The predicted octanol–water partition coefficient (Wildman–Crippen LogP) is -0.385. The van der Waals surface area contributed by atoms with Crippen molar-refractivity contribution >= 4 is 22.0 Å². The van der Waals surface area contributed by atoms with E-state index >= 15 is 0 Å². The van der Waals surface area contributed by atoms with Gasteiger partial charge in [0.25, 0.3) is 0 Å². The van der Waals surface area contributed by atoms with Crippen LogP contribution in [0.2, 0.25) is 0 Å². The SMILES string of the molecule is CCOC(=O)N1CCN(C(=O)[C@H](C)NS(=O)(=O)CC)CC1. The fourth-order valence-electron chi connectivity index (χ4n) is 2.00. The summed E-state index contributed by atoms with van der Waals surface area (Å²) >= 11 is 0. The van der Waals surface area contributed by atoms with Crippen LogP contribution in [0.25, 0.3) is 0 Å². The molecule has 0 bridgehead atoms. The molecule has 122 valence electrons. The molecule has 9 heteroatoms. The average molecular weight is 321 g/mol. The Morgan fingerprint density at radius 3 is 2.14 bits per heavy atom. The maximum absolute atomic E-state index is 12.2. The fourth-order valence-corrected chi connectivity index (χ4v) is 2.81. The third-order valence-corrected chi connectivity index (χ3v) is 4.70. The third kappa shape index (κ3) is 5.16. The van der Waals surface area contributed by atoms with E-state index in [0.717, 1.165) is 0 Å². The molecule has 1 saturated heterocycles. The summed E-state index contributed by atoms with van der Waals surface area (Å²) in [6.45, 7) is 6.60. The van der Waals surface area contributed by atoms with Crippen LogP contribution in [-0.4, -0.2) is 74.8 Å². The number of carbonyl (C=O) groups excluding carboxylic acids is 2. The van der Waals surface area contributed by atoms with Gasteiger partial charge in [-0.2, -0.15) is 0 Å². The summed E-state index contributed by atoms with van der Waals surface area (Å²) in [6.07, 6.45) is -0.385. The van der Waals surface area contributed by atoms with Crippen molar-refractivity contribution in [1.82, 2.24) is 14.5 Å². The minimum atomic E-state index is -3.42. The first kappa shape index (κ1) is 17.7. The van der Waals surface area contributed by atoms with E-state index in [0.29, 0.717) is 32.8 Å². The van der Waals surface area contributed by atoms with Gasteiger partial charge in [0.05, 0.1) is 18.4 Å². The lowest BCUT2D eigenvalue weighted by Gasteiger charge is -2.35. The smallest absolute Gasteiger partial charge is 0.409 e. The normalized spacial score (nSPS) is 17.5. The molecule has 1 N–H and O–H groups in total. The van der Waals surface area contributed by atoms with E-state index in [1.165, 1.54) is 18.7 Å². The number of carbonyl (C=O) groups is 2. The molecule has 0 saturated carbocycles. The first-order valence-electron chi connectivity index (χ1n) is 7.01. The number of hydrogen-bond donors (Lipinski definition) is 1. The molecule has 1 aliphatic rings. The molecule has 21 heavy (non-hydrogen) atoms. The number of nitrogens with one attached hydrogen (secondary N) is 1. The van der Waals surface area contributed by atoms with E-state index in [1.807, 2.05) is 0 Å². The van der Waals surface area contributed by atoms with Crippen molar-refractivity contribution in [2.45, 2.75) is 26.8 Å². The van der Waals surface area contributed by atoms with Crippen molar-refractivity contribution in [3.8, 4) is 0 Å². The molecule has 1 rings (SSSR count). The quantitative estimate of drug-likeness (QED) is 0.744. The second kappa shape index (κ2) is 7.60. The summed E-state index contributed by atoms with van der Waals surface area (Å²) in [5.41, 5.74) is 0. The van der Waals surface area contributed by atoms with E-state index in [2.05, 4.69) is 4.72 Å². The highest BCUT2D eigenvalue weighted by molar-refractivity contribution is 7.89. The topological polar surface area (TPSA) is 96.0 Å². The summed E-state index contributed by atoms with van der Waals surface area (Å²) in [6, 6.07) is -0.802. The van der Waals surface area contributed by atoms with Gasteiger partial charge in [-0.3, -0.25) is 4.79 Å². The molecular formula is C12H23N3O5S. The highest BCUT2D eigenvalue weighted by Crippen LogP contribution is 2.06. The molecule has 8 nitrogen and oxygen atoms in total. The summed E-state index contributed by atoms with van der Waals surface area (Å²) in [7, 11) is -3.42. The predicted molar refractivity (Wildman–Crippen MR) is 77.2 cm³/mol. The Bertz CT molecular complexity index is 471. The maximum Gasteiger partial charge on any atom is 0.409 e. The molecule has 0 unspecified atom stereocenters. The average Bonchev–Trinajstić information content (AvgIpc) is 2.46. The van der Waals surface area contributed by atoms with Crippen molar-refractivity contribution in [3.63, 3.8) is 0 Å². The molecule has 0 aromatic heterocycles. The second-order valence-corrected chi connectivity index (χ2v) is 6.80. The number of rotatable bonds is 5. The first-order valence-corrected chi connectivity index (χ1v) is 8.66. The number of sulfonamides is 1. The highest BCUT2D eigenvalue weighted by atomic mass is 32.2. The Hall–Kier alpha value is -1.35. The standard InChI is InChI=1S/C12H23N3O5S/c1-4-20-12(17)15-8-6-14(7-9-15)11(16)10(3)13-21(18,19)5-2/h10,13H,4-9H2,1-3H3/t10-/m0/s1. The molecule has 1 heterocycles. The number of piperazine rings is 1. The van der Waals surface area contributed by atoms with Crippen molar-refractivity contribution in [2.75, 3.05) is 38.5 Å². The molecule has 0 radical (unpaired) electrons. The van der Waals surface area contributed by atoms with Crippen molar-refractivity contribution in [2.24, 2.45) is 0 Å². The molecule has 0 spiro atoms. The lowest BCUT2D eigenvalue weighted by molar-refractivity contribution is -0.134. The molecule has 1 fully saturated rings. The Morgan fingerprint density at radius 1 is 1.14 bits per heavy atom. The van der Waals surface area contributed by atoms with Gasteiger partial charge >= 0.3 is 6.09 Å². The Morgan fingerprint density at radius 2 is 1.67 bits per heavy atom. The minimum Gasteiger partial charge on any atom is -0.450 e. The zero-order valence-corrected chi connectivity index (χ0v) is 13.5. The Labute approximate surface area is 125 Å². The van der Waals surface area contributed by atoms with Gasteiger partial charge in [0, 0.05) is 26.2 Å². The van der Waals surface area contributed by atoms with Crippen LogP contribution in [0, 0.1) is 0 Å². The maximum atomic E-state index is 12.2. The largest absolute Gasteiger partial charge is 0.450 e. The molecular weight excluding hydrogens is 298 g/mol. The van der Waals surface area contributed by atoms with Crippen LogP contribution in [0.1, 0.15) is 20.8 Å². The van der Waals surface area contributed by atoms with Crippen LogP contribution < -0.4 is 4.72 Å². The van der Waals surface area contributed by atoms with Gasteiger partial charge in [0.2, 0.25) is 15.9 Å². The summed E-state index contributed by atoms with van der Waals surface area (Å²) in [5, 5.41) is 0. The first-order chi connectivity index (χ1) is 9.80. The minimum absolute atomic E-state index is 0.0682. The zero-order valence-electron chi connectivity index (χ0n) is 12.7. The Balaban J connectivity index is 2.50. The molecule has 0 aliphatic carbocycles. The lowest BCUT2D eigenvalue weighted by Crippen LogP contribution is -2.55. The van der Waals surface area contributed by atoms with Crippen LogP contribution in [0.15, 0.2) is 0 Å². The monoisotopic (exact) mass is 321 g/mol. The number of nitrogens with zero attached hydrogens (tertiary/aromatic N) is 2. The van der Waals surface area contributed by atoms with Gasteiger partial charge in [0.1, 0.15) is 0 Å². The zero-order chi connectivity index (χ0) is 16.0.